The molecule has 1 saturated carbocycles. The summed E-state index contributed by atoms with van der Waals surface area (Å²) in [7, 11) is 0. The van der Waals surface area contributed by atoms with Crippen LogP contribution in [0.5, 0.6) is 0 Å². The summed E-state index contributed by atoms with van der Waals surface area (Å²) in [6.07, 6.45) is 4.18. The van der Waals surface area contributed by atoms with E-state index in [0.717, 1.165) is 24.9 Å². The van der Waals surface area contributed by atoms with E-state index < -0.39 is 0 Å². The predicted octanol–water partition coefficient (Wildman–Crippen LogP) is 1.22. The Morgan fingerprint density at radius 3 is 2.80 bits per heavy atom. The third kappa shape index (κ3) is 1.59. The van der Waals surface area contributed by atoms with Gasteiger partial charge in [0.25, 0.3) is 5.91 Å². The summed E-state index contributed by atoms with van der Waals surface area (Å²) >= 11 is 5.69. The Balaban J connectivity index is 1.79. The van der Waals surface area contributed by atoms with Gasteiger partial charge >= 0.3 is 0 Å². The second kappa shape index (κ2) is 3.17. The van der Waals surface area contributed by atoms with Crippen LogP contribution in [-0.4, -0.2) is 33.9 Å². The van der Waals surface area contributed by atoms with E-state index in [0.29, 0.717) is 5.69 Å². The molecule has 3 rings (SSSR count). The monoisotopic (exact) mass is 223 g/mol. The normalized spacial score (nSPS) is 27.7. The van der Waals surface area contributed by atoms with E-state index in [4.69, 9.17) is 11.6 Å². The van der Waals surface area contributed by atoms with E-state index in [1.165, 1.54) is 18.8 Å². The van der Waals surface area contributed by atoms with Crippen molar-refractivity contribution in [1.29, 1.82) is 0 Å². The molecule has 1 aromatic rings. The maximum atomic E-state index is 11.9. The molecule has 4 nitrogen and oxygen atoms in total. The largest absolute Gasteiger partial charge is 0.337 e. The van der Waals surface area contributed by atoms with E-state index >= 15 is 0 Å². The van der Waals surface area contributed by atoms with Crippen LogP contribution in [0.1, 0.15) is 16.9 Å². The van der Waals surface area contributed by atoms with Gasteiger partial charge in [-0.15, -0.1) is 0 Å². The fourth-order valence-corrected chi connectivity index (χ4v) is 2.32. The lowest BCUT2D eigenvalue weighted by molar-refractivity contribution is 0.0769. The van der Waals surface area contributed by atoms with E-state index in [1.54, 1.807) is 0 Å². The van der Waals surface area contributed by atoms with E-state index in [-0.39, 0.29) is 11.1 Å². The van der Waals surface area contributed by atoms with E-state index in [9.17, 15) is 4.79 Å². The van der Waals surface area contributed by atoms with Crippen LogP contribution in [-0.2, 0) is 0 Å². The number of fused-ring (bicyclic) bond motifs is 1. The van der Waals surface area contributed by atoms with Gasteiger partial charge in [0.15, 0.2) is 0 Å². The highest BCUT2D eigenvalue weighted by molar-refractivity contribution is 6.29. The maximum Gasteiger partial charge on any atom is 0.274 e. The number of amides is 1. The van der Waals surface area contributed by atoms with Gasteiger partial charge in [0.2, 0.25) is 0 Å². The van der Waals surface area contributed by atoms with Crippen LogP contribution >= 0.6 is 11.6 Å². The summed E-state index contributed by atoms with van der Waals surface area (Å²) < 4.78 is 0. The van der Waals surface area contributed by atoms with Crippen molar-refractivity contribution in [1.82, 2.24) is 14.9 Å². The SMILES string of the molecule is O=C(c1cncc(Cl)n1)N1CC2CC2C1. The highest BCUT2D eigenvalue weighted by Crippen LogP contribution is 2.45. The maximum absolute atomic E-state index is 11.9. The van der Waals surface area contributed by atoms with Crippen LogP contribution in [0.4, 0.5) is 0 Å². The van der Waals surface area contributed by atoms with Gasteiger partial charge in [-0.1, -0.05) is 11.6 Å². The number of aromatic nitrogens is 2. The van der Waals surface area contributed by atoms with Gasteiger partial charge in [0.05, 0.1) is 12.4 Å². The molecule has 0 aromatic carbocycles. The molecule has 1 aliphatic carbocycles. The minimum Gasteiger partial charge on any atom is -0.337 e. The quantitative estimate of drug-likeness (QED) is 0.719. The summed E-state index contributed by atoms with van der Waals surface area (Å²) in [6, 6.07) is 0. The zero-order valence-corrected chi connectivity index (χ0v) is 8.81. The average Bonchev–Trinajstić information content (AvgIpc) is 2.85. The lowest BCUT2D eigenvalue weighted by atomic mass is 10.3. The molecule has 2 unspecified atom stereocenters. The van der Waals surface area contributed by atoms with Gasteiger partial charge in [-0.2, -0.15) is 0 Å². The van der Waals surface area contributed by atoms with Crippen LogP contribution in [0.2, 0.25) is 5.15 Å². The van der Waals surface area contributed by atoms with Crippen LogP contribution in [0.15, 0.2) is 12.4 Å². The topological polar surface area (TPSA) is 46.1 Å². The molecule has 15 heavy (non-hydrogen) atoms. The number of hydrogen-bond donors (Lipinski definition) is 0. The first-order valence-corrected chi connectivity index (χ1v) is 5.38. The third-order valence-electron chi connectivity index (χ3n) is 3.09. The van der Waals surface area contributed by atoms with Crippen LogP contribution < -0.4 is 0 Å². The number of hydrogen-bond acceptors (Lipinski definition) is 3. The molecule has 2 aliphatic rings. The van der Waals surface area contributed by atoms with Gasteiger partial charge in [-0.05, 0) is 18.3 Å². The lowest BCUT2D eigenvalue weighted by Gasteiger charge is -2.16. The zero-order chi connectivity index (χ0) is 10.4. The number of halogens is 1. The molecule has 2 atom stereocenters. The molecule has 1 amide bonds. The summed E-state index contributed by atoms with van der Waals surface area (Å²) in [4.78, 5) is 21.6. The fraction of sp³-hybridized carbons (Fsp3) is 0.500. The molecule has 0 radical (unpaired) electrons. The Kier molecular flexibility index (Phi) is 1.92. The minimum absolute atomic E-state index is 0.0443. The highest BCUT2D eigenvalue weighted by atomic mass is 35.5. The minimum atomic E-state index is -0.0443. The first kappa shape index (κ1) is 9.09. The molecule has 0 N–H and O–H groups in total. The van der Waals surface area contributed by atoms with Crippen LogP contribution in [0, 0.1) is 11.8 Å². The van der Waals surface area contributed by atoms with Crippen molar-refractivity contribution < 1.29 is 4.79 Å². The van der Waals surface area contributed by atoms with Crippen molar-refractivity contribution in [2.45, 2.75) is 6.42 Å². The summed E-state index contributed by atoms with van der Waals surface area (Å²) in [5.74, 6) is 1.43. The molecular formula is C10H10ClN3O. The van der Waals surface area contributed by atoms with Gasteiger partial charge in [-0.25, -0.2) is 4.98 Å². The van der Waals surface area contributed by atoms with Crippen molar-refractivity contribution >= 4 is 17.5 Å². The zero-order valence-electron chi connectivity index (χ0n) is 8.06. The molecule has 1 aromatic heterocycles. The smallest absolute Gasteiger partial charge is 0.274 e. The number of rotatable bonds is 1. The second-order valence-corrected chi connectivity index (χ2v) is 4.58. The Morgan fingerprint density at radius 2 is 2.13 bits per heavy atom. The van der Waals surface area contributed by atoms with Crippen molar-refractivity contribution in [3.8, 4) is 0 Å². The summed E-state index contributed by atoms with van der Waals surface area (Å²) in [5.41, 5.74) is 0.351. The van der Waals surface area contributed by atoms with Crippen LogP contribution in [0.25, 0.3) is 0 Å². The Hall–Kier alpha value is -1.16. The van der Waals surface area contributed by atoms with E-state index in [2.05, 4.69) is 9.97 Å². The molecule has 0 spiro atoms. The van der Waals surface area contributed by atoms with Crippen molar-refractivity contribution in [3.05, 3.63) is 23.2 Å². The standard InChI is InChI=1S/C10H10ClN3O/c11-9-3-12-2-8(13-9)10(15)14-4-6-1-7(6)5-14/h2-3,6-7H,1,4-5H2. The Morgan fingerprint density at radius 1 is 1.40 bits per heavy atom. The first-order chi connectivity index (χ1) is 7.24. The van der Waals surface area contributed by atoms with Crippen molar-refractivity contribution in [3.63, 3.8) is 0 Å². The number of likely N-dealkylation sites (tertiary alicyclic amines) is 1. The Bertz CT molecular complexity index is 413. The van der Waals surface area contributed by atoms with Crippen LogP contribution in [0.3, 0.4) is 0 Å². The molecule has 0 bridgehead atoms. The second-order valence-electron chi connectivity index (χ2n) is 4.19. The number of nitrogens with zero attached hydrogens (tertiary/aromatic N) is 3. The predicted molar refractivity (Wildman–Crippen MR) is 54.5 cm³/mol. The van der Waals surface area contributed by atoms with Gasteiger partial charge in [0.1, 0.15) is 10.8 Å². The highest BCUT2D eigenvalue weighted by Gasteiger charge is 2.46. The summed E-state index contributed by atoms with van der Waals surface area (Å²) in [5, 5.41) is 0.269. The molecule has 5 heteroatoms. The average molecular weight is 224 g/mol. The lowest BCUT2D eigenvalue weighted by Crippen LogP contribution is -2.31. The number of carbonyl (C=O) groups is 1. The molecule has 1 aliphatic heterocycles. The fourth-order valence-electron chi connectivity index (χ4n) is 2.17. The van der Waals surface area contributed by atoms with Gasteiger partial charge in [0, 0.05) is 13.1 Å². The molecule has 2 heterocycles. The Labute approximate surface area is 92.3 Å². The molecular weight excluding hydrogens is 214 g/mol. The number of carbonyl (C=O) groups excluding carboxylic acids is 1. The summed E-state index contributed by atoms with van der Waals surface area (Å²) in [6.45, 7) is 1.75. The van der Waals surface area contributed by atoms with E-state index in [1.807, 2.05) is 4.90 Å². The van der Waals surface area contributed by atoms with Crippen molar-refractivity contribution in [2.24, 2.45) is 11.8 Å². The van der Waals surface area contributed by atoms with Gasteiger partial charge in [-0.3, -0.25) is 9.78 Å². The van der Waals surface area contributed by atoms with Gasteiger partial charge < -0.3 is 4.90 Å². The van der Waals surface area contributed by atoms with Crippen molar-refractivity contribution in [2.75, 3.05) is 13.1 Å². The third-order valence-corrected chi connectivity index (χ3v) is 3.27. The first-order valence-electron chi connectivity index (χ1n) is 5.01. The molecule has 1 saturated heterocycles. The molecule has 78 valence electrons. The number of piperidine rings is 1. The molecule has 2 fully saturated rings.